The van der Waals surface area contributed by atoms with Crippen LogP contribution in [0.2, 0.25) is 0 Å². The van der Waals surface area contributed by atoms with Crippen LogP contribution in [0.5, 0.6) is 5.75 Å². The van der Waals surface area contributed by atoms with Gasteiger partial charge in [-0.15, -0.1) is 0 Å². The van der Waals surface area contributed by atoms with Gasteiger partial charge in [0.05, 0.1) is 10.5 Å². The molecule has 4 heteroatoms. The van der Waals surface area contributed by atoms with Crippen LogP contribution in [0.25, 0.3) is 0 Å². The third kappa shape index (κ3) is 2.26. The molecule has 2 atom stereocenters. The number of fused-ring (bicyclic) bond motifs is 1. The predicted molar refractivity (Wildman–Crippen MR) is 75.6 cm³/mol. The third-order valence-electron chi connectivity index (χ3n) is 3.41. The zero-order valence-corrected chi connectivity index (χ0v) is 11.7. The highest BCUT2D eigenvalue weighted by Gasteiger charge is 2.30. The van der Waals surface area contributed by atoms with Crippen LogP contribution in [0, 0.1) is 5.82 Å². The van der Waals surface area contributed by atoms with Gasteiger partial charge in [0.2, 0.25) is 0 Å². The second-order valence-electron chi connectivity index (χ2n) is 4.64. The van der Waals surface area contributed by atoms with E-state index in [0.717, 1.165) is 11.3 Å². The smallest absolute Gasteiger partial charge is 0.142 e. The summed E-state index contributed by atoms with van der Waals surface area (Å²) in [6.45, 7) is 0. The van der Waals surface area contributed by atoms with Crippen LogP contribution in [0.15, 0.2) is 46.9 Å². The minimum Gasteiger partial charge on any atom is -0.488 e. The summed E-state index contributed by atoms with van der Waals surface area (Å²) in [7, 11) is 0. The Kier molecular flexibility index (Phi) is 3.29. The summed E-state index contributed by atoms with van der Waals surface area (Å²) in [5.41, 5.74) is 7.77. The number of para-hydroxylation sites is 1. The monoisotopic (exact) mass is 321 g/mol. The Morgan fingerprint density at radius 1 is 1.21 bits per heavy atom. The summed E-state index contributed by atoms with van der Waals surface area (Å²) in [5, 5.41) is 0. The molecule has 0 saturated carbocycles. The fraction of sp³-hybridized carbons (Fsp3) is 0.200. The van der Waals surface area contributed by atoms with E-state index in [0.29, 0.717) is 16.5 Å². The van der Waals surface area contributed by atoms with Crippen molar-refractivity contribution in [3.8, 4) is 5.75 Å². The van der Waals surface area contributed by atoms with Crippen molar-refractivity contribution in [3.05, 3.63) is 63.9 Å². The molecule has 0 fully saturated rings. The van der Waals surface area contributed by atoms with Crippen LogP contribution in [0.1, 0.15) is 17.2 Å². The van der Waals surface area contributed by atoms with Gasteiger partial charge in [0.1, 0.15) is 17.7 Å². The molecule has 0 aliphatic carbocycles. The molecular weight excluding hydrogens is 309 g/mol. The van der Waals surface area contributed by atoms with Crippen molar-refractivity contribution in [2.24, 2.45) is 5.73 Å². The first kappa shape index (κ1) is 12.6. The largest absolute Gasteiger partial charge is 0.488 e. The molecule has 19 heavy (non-hydrogen) atoms. The van der Waals surface area contributed by atoms with E-state index in [-0.39, 0.29) is 11.9 Å². The molecule has 0 radical (unpaired) electrons. The van der Waals surface area contributed by atoms with E-state index in [4.69, 9.17) is 10.5 Å². The Hall–Kier alpha value is -1.39. The van der Waals surface area contributed by atoms with Gasteiger partial charge in [0, 0.05) is 12.0 Å². The lowest BCUT2D eigenvalue weighted by atomic mass is 9.98. The molecule has 98 valence electrons. The first-order valence-corrected chi connectivity index (χ1v) is 6.90. The molecule has 0 spiro atoms. The summed E-state index contributed by atoms with van der Waals surface area (Å²) >= 11 is 3.18. The minimum atomic E-state index is -0.482. The van der Waals surface area contributed by atoms with Gasteiger partial charge in [0.15, 0.2) is 0 Å². The van der Waals surface area contributed by atoms with Crippen LogP contribution >= 0.6 is 15.9 Å². The molecule has 0 amide bonds. The average molecular weight is 322 g/mol. The predicted octanol–water partition coefficient (Wildman–Crippen LogP) is 3.59. The molecule has 0 saturated heterocycles. The molecule has 3 rings (SSSR count). The maximum absolute atomic E-state index is 14.1. The maximum Gasteiger partial charge on any atom is 0.142 e. The topological polar surface area (TPSA) is 35.2 Å². The molecule has 0 aromatic heterocycles. The number of hydrogen-bond donors (Lipinski definition) is 1. The summed E-state index contributed by atoms with van der Waals surface area (Å²) in [6, 6.07) is 12.5. The summed E-state index contributed by atoms with van der Waals surface area (Å²) in [6.07, 6.45) is 0.490. The molecule has 2 N–H and O–H groups in total. The maximum atomic E-state index is 14.1. The molecule has 1 aliphatic rings. The van der Waals surface area contributed by atoms with Gasteiger partial charge in [-0.2, -0.15) is 0 Å². The van der Waals surface area contributed by atoms with Crippen molar-refractivity contribution in [2.75, 3.05) is 0 Å². The van der Waals surface area contributed by atoms with Crippen molar-refractivity contribution in [1.29, 1.82) is 0 Å². The SMILES string of the molecule is NC(c1cccc(Br)c1F)C1Cc2ccccc2O1. The zero-order chi connectivity index (χ0) is 13.4. The highest BCUT2D eigenvalue weighted by atomic mass is 79.9. The van der Waals surface area contributed by atoms with E-state index in [1.165, 1.54) is 0 Å². The number of benzene rings is 2. The lowest BCUT2D eigenvalue weighted by molar-refractivity contribution is 0.197. The molecular formula is C15H13BrFNO. The van der Waals surface area contributed by atoms with Crippen LogP contribution in [0.3, 0.4) is 0 Å². The first-order valence-electron chi connectivity index (χ1n) is 6.11. The zero-order valence-electron chi connectivity index (χ0n) is 10.1. The normalized spacial score (nSPS) is 18.8. The summed E-state index contributed by atoms with van der Waals surface area (Å²) in [4.78, 5) is 0. The molecule has 2 unspecified atom stereocenters. The Bertz CT molecular complexity index is 592. The molecule has 2 aromatic rings. The number of ether oxygens (including phenoxy) is 1. The minimum absolute atomic E-state index is 0.221. The van der Waals surface area contributed by atoms with Crippen molar-refractivity contribution in [3.63, 3.8) is 0 Å². The highest BCUT2D eigenvalue weighted by molar-refractivity contribution is 9.10. The van der Waals surface area contributed by atoms with E-state index in [1.54, 1.807) is 18.2 Å². The summed E-state index contributed by atoms with van der Waals surface area (Å²) < 4.78 is 20.3. The van der Waals surface area contributed by atoms with Crippen molar-refractivity contribution in [1.82, 2.24) is 0 Å². The number of nitrogens with two attached hydrogens (primary N) is 1. The van der Waals surface area contributed by atoms with Gasteiger partial charge >= 0.3 is 0 Å². The second-order valence-corrected chi connectivity index (χ2v) is 5.49. The Labute approximate surface area is 119 Å². The first-order chi connectivity index (χ1) is 9.16. The number of rotatable bonds is 2. The van der Waals surface area contributed by atoms with E-state index >= 15 is 0 Å². The van der Waals surface area contributed by atoms with E-state index in [9.17, 15) is 4.39 Å². The van der Waals surface area contributed by atoms with E-state index in [1.807, 2.05) is 24.3 Å². The van der Waals surface area contributed by atoms with Crippen molar-refractivity contribution in [2.45, 2.75) is 18.6 Å². The van der Waals surface area contributed by atoms with Gasteiger partial charge in [-0.1, -0.05) is 30.3 Å². The fourth-order valence-electron chi connectivity index (χ4n) is 2.39. The van der Waals surface area contributed by atoms with Crippen molar-refractivity contribution < 1.29 is 9.13 Å². The van der Waals surface area contributed by atoms with Gasteiger partial charge in [-0.3, -0.25) is 0 Å². The molecule has 2 aromatic carbocycles. The van der Waals surface area contributed by atoms with Crippen LogP contribution < -0.4 is 10.5 Å². The van der Waals surface area contributed by atoms with Gasteiger partial charge in [-0.05, 0) is 33.6 Å². The van der Waals surface area contributed by atoms with Crippen LogP contribution in [-0.2, 0) is 6.42 Å². The second kappa shape index (κ2) is 4.94. The quantitative estimate of drug-likeness (QED) is 0.917. The molecule has 1 aliphatic heterocycles. The van der Waals surface area contributed by atoms with Gasteiger partial charge in [0.25, 0.3) is 0 Å². The van der Waals surface area contributed by atoms with Crippen LogP contribution in [-0.4, -0.2) is 6.10 Å². The van der Waals surface area contributed by atoms with E-state index < -0.39 is 6.04 Å². The lowest BCUT2D eigenvalue weighted by Crippen LogP contribution is -2.30. The lowest BCUT2D eigenvalue weighted by Gasteiger charge is -2.20. The Morgan fingerprint density at radius 3 is 2.79 bits per heavy atom. The van der Waals surface area contributed by atoms with Crippen molar-refractivity contribution >= 4 is 15.9 Å². The number of hydrogen-bond acceptors (Lipinski definition) is 2. The van der Waals surface area contributed by atoms with Gasteiger partial charge in [-0.25, -0.2) is 4.39 Å². The van der Waals surface area contributed by atoms with E-state index in [2.05, 4.69) is 15.9 Å². The molecule has 0 bridgehead atoms. The Morgan fingerprint density at radius 2 is 2.00 bits per heavy atom. The molecule has 1 heterocycles. The number of halogens is 2. The fourth-order valence-corrected chi connectivity index (χ4v) is 2.77. The average Bonchev–Trinajstić information content (AvgIpc) is 2.85. The highest BCUT2D eigenvalue weighted by Crippen LogP contribution is 2.34. The van der Waals surface area contributed by atoms with Crippen LogP contribution in [0.4, 0.5) is 4.39 Å². The Balaban J connectivity index is 1.87. The summed E-state index contributed by atoms with van der Waals surface area (Å²) in [5.74, 6) is 0.535. The van der Waals surface area contributed by atoms with Gasteiger partial charge < -0.3 is 10.5 Å². The molecule has 2 nitrogen and oxygen atoms in total. The standard InChI is InChI=1S/C15H13BrFNO/c16-11-6-3-5-10(14(11)17)15(18)13-8-9-4-1-2-7-12(9)19-13/h1-7,13,15H,8,18H2. The third-order valence-corrected chi connectivity index (χ3v) is 4.03.